The second kappa shape index (κ2) is 4.40. The lowest BCUT2D eigenvalue weighted by Gasteiger charge is -2.09. The zero-order chi connectivity index (χ0) is 9.84. The minimum atomic E-state index is -0.179. The van der Waals surface area contributed by atoms with E-state index < -0.39 is 0 Å². The lowest BCUT2D eigenvalue weighted by atomic mass is 10.0. The van der Waals surface area contributed by atoms with Gasteiger partial charge in [-0.25, -0.2) is 0 Å². The fourth-order valence-corrected chi connectivity index (χ4v) is 1.45. The van der Waals surface area contributed by atoms with E-state index in [9.17, 15) is 0 Å². The van der Waals surface area contributed by atoms with Gasteiger partial charge in [-0.05, 0) is 24.1 Å². The second-order valence-electron chi connectivity index (χ2n) is 2.98. The highest BCUT2D eigenvalue weighted by Gasteiger charge is 2.06. The number of nitrogens with two attached hydrogens (primary N) is 1. The minimum absolute atomic E-state index is 0.179. The van der Waals surface area contributed by atoms with Gasteiger partial charge in [0.1, 0.15) is 0 Å². The van der Waals surface area contributed by atoms with Gasteiger partial charge in [0.15, 0.2) is 0 Å². The van der Waals surface area contributed by atoms with Crippen LogP contribution in [0.3, 0.4) is 0 Å². The van der Waals surface area contributed by atoms with Crippen LogP contribution in [-0.4, -0.2) is 0 Å². The summed E-state index contributed by atoms with van der Waals surface area (Å²) in [4.78, 5) is 0. The first-order valence-corrected chi connectivity index (χ1v) is 4.83. The van der Waals surface area contributed by atoms with Crippen LogP contribution in [0.2, 0.25) is 0 Å². The Morgan fingerprint density at radius 3 is 2.85 bits per heavy atom. The van der Waals surface area contributed by atoms with E-state index in [4.69, 9.17) is 11.0 Å². The van der Waals surface area contributed by atoms with Crippen LogP contribution >= 0.6 is 15.9 Å². The standard InChI is InChI=1S/C10H11BrN2/c1-7-2-3-8(6-9(7)11)10(13)4-5-12/h2-3,6,10H,4,13H2,1H3/t10-/m0/s1. The molecule has 2 nitrogen and oxygen atoms in total. The van der Waals surface area contributed by atoms with Gasteiger partial charge in [-0.15, -0.1) is 0 Å². The molecular weight excluding hydrogens is 228 g/mol. The molecule has 0 aliphatic carbocycles. The lowest BCUT2D eigenvalue weighted by molar-refractivity contribution is 0.747. The third kappa shape index (κ3) is 2.55. The van der Waals surface area contributed by atoms with E-state index in [-0.39, 0.29) is 6.04 Å². The molecule has 1 aromatic rings. The summed E-state index contributed by atoms with van der Waals surface area (Å²) in [6.07, 6.45) is 0.357. The molecule has 1 atom stereocenters. The first kappa shape index (κ1) is 10.2. The normalized spacial score (nSPS) is 12.2. The summed E-state index contributed by atoms with van der Waals surface area (Å²) in [5.74, 6) is 0. The molecule has 2 N–H and O–H groups in total. The van der Waals surface area contributed by atoms with Gasteiger partial charge in [0.25, 0.3) is 0 Å². The highest BCUT2D eigenvalue weighted by atomic mass is 79.9. The van der Waals surface area contributed by atoms with Crippen LogP contribution in [0, 0.1) is 18.3 Å². The maximum absolute atomic E-state index is 8.48. The predicted octanol–water partition coefficient (Wildman–Crippen LogP) is 2.67. The molecule has 0 aromatic heterocycles. The van der Waals surface area contributed by atoms with E-state index in [2.05, 4.69) is 22.0 Å². The highest BCUT2D eigenvalue weighted by molar-refractivity contribution is 9.10. The summed E-state index contributed by atoms with van der Waals surface area (Å²) in [6.45, 7) is 2.02. The summed E-state index contributed by atoms with van der Waals surface area (Å²) in [5.41, 5.74) is 7.95. The number of nitriles is 1. The SMILES string of the molecule is Cc1ccc([C@@H](N)CC#N)cc1Br. The zero-order valence-electron chi connectivity index (χ0n) is 7.42. The molecule has 1 rings (SSSR count). The Balaban J connectivity index is 2.91. The zero-order valence-corrected chi connectivity index (χ0v) is 9.01. The van der Waals surface area contributed by atoms with Crippen molar-refractivity contribution in [2.75, 3.05) is 0 Å². The number of hydrogen-bond acceptors (Lipinski definition) is 2. The summed E-state index contributed by atoms with van der Waals surface area (Å²) in [5, 5.41) is 8.48. The van der Waals surface area contributed by atoms with Crippen molar-refractivity contribution in [1.29, 1.82) is 5.26 Å². The van der Waals surface area contributed by atoms with Crippen molar-refractivity contribution in [1.82, 2.24) is 0 Å². The Morgan fingerprint density at radius 2 is 2.31 bits per heavy atom. The molecular formula is C10H11BrN2. The highest BCUT2D eigenvalue weighted by Crippen LogP contribution is 2.21. The molecule has 0 amide bonds. The maximum Gasteiger partial charge on any atom is 0.0641 e. The number of nitrogens with zero attached hydrogens (tertiary/aromatic N) is 1. The Labute approximate surface area is 86.5 Å². The van der Waals surface area contributed by atoms with Gasteiger partial charge < -0.3 is 5.73 Å². The fraction of sp³-hybridized carbons (Fsp3) is 0.300. The molecule has 13 heavy (non-hydrogen) atoms. The van der Waals surface area contributed by atoms with Gasteiger partial charge in [0.2, 0.25) is 0 Å². The molecule has 1 aromatic carbocycles. The summed E-state index contributed by atoms with van der Waals surface area (Å²) >= 11 is 3.43. The van der Waals surface area contributed by atoms with E-state index in [1.165, 1.54) is 5.56 Å². The van der Waals surface area contributed by atoms with Crippen molar-refractivity contribution in [3.8, 4) is 6.07 Å². The molecule has 0 heterocycles. The van der Waals surface area contributed by atoms with Crippen LogP contribution in [0.25, 0.3) is 0 Å². The third-order valence-corrected chi connectivity index (χ3v) is 2.79. The molecule has 0 radical (unpaired) electrons. The number of hydrogen-bond donors (Lipinski definition) is 1. The van der Waals surface area contributed by atoms with Crippen molar-refractivity contribution in [3.05, 3.63) is 33.8 Å². The Bertz CT molecular complexity index is 341. The smallest absolute Gasteiger partial charge is 0.0641 e. The third-order valence-electron chi connectivity index (χ3n) is 1.94. The summed E-state index contributed by atoms with van der Waals surface area (Å²) in [7, 11) is 0. The largest absolute Gasteiger partial charge is 0.323 e. The average Bonchev–Trinajstić information content (AvgIpc) is 2.10. The predicted molar refractivity (Wildman–Crippen MR) is 56.0 cm³/mol. The van der Waals surface area contributed by atoms with Gasteiger partial charge in [-0.2, -0.15) is 5.26 Å². The van der Waals surface area contributed by atoms with Crippen molar-refractivity contribution >= 4 is 15.9 Å². The number of aryl methyl sites for hydroxylation is 1. The van der Waals surface area contributed by atoms with Gasteiger partial charge >= 0.3 is 0 Å². The molecule has 0 saturated carbocycles. The van der Waals surface area contributed by atoms with Crippen LogP contribution < -0.4 is 5.73 Å². The molecule has 0 saturated heterocycles. The van der Waals surface area contributed by atoms with E-state index >= 15 is 0 Å². The molecule has 0 spiro atoms. The van der Waals surface area contributed by atoms with E-state index in [0.29, 0.717) is 6.42 Å². The second-order valence-corrected chi connectivity index (χ2v) is 3.83. The maximum atomic E-state index is 8.48. The van der Waals surface area contributed by atoms with Crippen molar-refractivity contribution in [3.63, 3.8) is 0 Å². The van der Waals surface area contributed by atoms with E-state index in [0.717, 1.165) is 10.0 Å². The topological polar surface area (TPSA) is 49.8 Å². The summed E-state index contributed by atoms with van der Waals surface area (Å²) in [6, 6.07) is 7.81. The Hall–Kier alpha value is -0.850. The van der Waals surface area contributed by atoms with E-state index in [1.54, 1.807) is 0 Å². The first-order chi connectivity index (χ1) is 6.15. The average molecular weight is 239 g/mol. The molecule has 0 bridgehead atoms. The minimum Gasteiger partial charge on any atom is -0.323 e. The van der Waals surface area contributed by atoms with Gasteiger partial charge in [-0.3, -0.25) is 0 Å². The monoisotopic (exact) mass is 238 g/mol. The van der Waals surface area contributed by atoms with Gasteiger partial charge in [0, 0.05) is 10.5 Å². The van der Waals surface area contributed by atoms with Crippen molar-refractivity contribution < 1.29 is 0 Å². The summed E-state index contributed by atoms with van der Waals surface area (Å²) < 4.78 is 1.04. The Kier molecular flexibility index (Phi) is 3.47. The number of rotatable bonds is 2. The number of halogens is 1. The quantitative estimate of drug-likeness (QED) is 0.862. The van der Waals surface area contributed by atoms with Crippen LogP contribution in [0.4, 0.5) is 0 Å². The number of benzene rings is 1. The Morgan fingerprint density at radius 1 is 1.62 bits per heavy atom. The van der Waals surface area contributed by atoms with Crippen LogP contribution in [-0.2, 0) is 0 Å². The molecule has 68 valence electrons. The van der Waals surface area contributed by atoms with Crippen molar-refractivity contribution in [2.24, 2.45) is 5.73 Å². The fourth-order valence-electron chi connectivity index (χ4n) is 1.06. The molecule has 3 heteroatoms. The molecule has 0 aliphatic heterocycles. The van der Waals surface area contributed by atoms with Crippen LogP contribution in [0.5, 0.6) is 0 Å². The van der Waals surface area contributed by atoms with Crippen LogP contribution in [0.15, 0.2) is 22.7 Å². The van der Waals surface area contributed by atoms with Crippen molar-refractivity contribution in [2.45, 2.75) is 19.4 Å². The lowest BCUT2D eigenvalue weighted by Crippen LogP contribution is -2.09. The van der Waals surface area contributed by atoms with E-state index in [1.807, 2.05) is 25.1 Å². The van der Waals surface area contributed by atoms with Gasteiger partial charge in [0.05, 0.1) is 12.5 Å². The molecule has 0 unspecified atom stereocenters. The molecule has 0 aliphatic rings. The van der Waals surface area contributed by atoms with Crippen LogP contribution in [0.1, 0.15) is 23.6 Å². The van der Waals surface area contributed by atoms with Gasteiger partial charge in [-0.1, -0.05) is 28.1 Å². The molecule has 0 fully saturated rings. The first-order valence-electron chi connectivity index (χ1n) is 4.03.